The normalized spacial score (nSPS) is 14.5. The van der Waals surface area contributed by atoms with Crippen molar-refractivity contribution in [2.45, 2.75) is 25.7 Å². The first-order valence-corrected chi connectivity index (χ1v) is 4.76. The van der Waals surface area contributed by atoms with E-state index in [4.69, 9.17) is 5.11 Å². The summed E-state index contributed by atoms with van der Waals surface area (Å²) in [7, 11) is 0. The van der Waals surface area contributed by atoms with E-state index >= 15 is 0 Å². The van der Waals surface area contributed by atoms with Gasteiger partial charge in [0.15, 0.2) is 0 Å². The van der Waals surface area contributed by atoms with Crippen LogP contribution in [0.3, 0.4) is 0 Å². The van der Waals surface area contributed by atoms with Crippen molar-refractivity contribution in [3.05, 3.63) is 28.8 Å². The van der Waals surface area contributed by atoms with Crippen LogP contribution in [0.15, 0.2) is 12.1 Å². The predicted molar refractivity (Wildman–Crippen MR) is 50.9 cm³/mol. The van der Waals surface area contributed by atoms with Crippen LogP contribution in [0.5, 0.6) is 5.75 Å². The summed E-state index contributed by atoms with van der Waals surface area (Å²) in [5, 5.41) is 18.6. The first-order valence-electron chi connectivity index (χ1n) is 4.76. The molecule has 0 saturated heterocycles. The molecular weight excluding hydrogens is 164 g/mol. The average Bonchev–Trinajstić information content (AvgIpc) is 2.58. The maximum absolute atomic E-state index is 9.83. The third-order valence-electron chi connectivity index (χ3n) is 2.72. The zero-order valence-corrected chi connectivity index (χ0v) is 7.58. The summed E-state index contributed by atoms with van der Waals surface area (Å²) in [5.74, 6) is 0.420. The fraction of sp³-hybridized carbons (Fsp3) is 0.455. The van der Waals surface area contributed by atoms with Gasteiger partial charge in [-0.1, -0.05) is 12.1 Å². The summed E-state index contributed by atoms with van der Waals surface area (Å²) in [4.78, 5) is 0. The molecule has 1 aromatic rings. The number of hydrogen-bond donors (Lipinski definition) is 2. The number of phenolic OH excluding ortho intramolecular Hbond substituents is 1. The lowest BCUT2D eigenvalue weighted by Crippen LogP contribution is -1.94. The van der Waals surface area contributed by atoms with E-state index in [1.807, 2.05) is 6.07 Å². The van der Waals surface area contributed by atoms with Gasteiger partial charge in [-0.15, -0.1) is 0 Å². The number of aryl methyl sites for hydroxylation is 1. The molecule has 0 saturated carbocycles. The van der Waals surface area contributed by atoms with Crippen LogP contribution < -0.4 is 0 Å². The van der Waals surface area contributed by atoms with Gasteiger partial charge < -0.3 is 10.2 Å². The Kier molecular flexibility index (Phi) is 2.23. The Morgan fingerprint density at radius 3 is 2.85 bits per heavy atom. The van der Waals surface area contributed by atoms with Crippen LogP contribution in [0.4, 0.5) is 0 Å². The molecule has 0 heterocycles. The Labute approximate surface area is 77.8 Å². The molecule has 1 aliphatic carbocycles. The van der Waals surface area contributed by atoms with Gasteiger partial charge in [-0.25, -0.2) is 0 Å². The van der Waals surface area contributed by atoms with Crippen molar-refractivity contribution >= 4 is 0 Å². The summed E-state index contributed by atoms with van der Waals surface area (Å²) >= 11 is 0. The van der Waals surface area contributed by atoms with Gasteiger partial charge in [0.2, 0.25) is 0 Å². The fourth-order valence-corrected chi connectivity index (χ4v) is 2.02. The molecule has 13 heavy (non-hydrogen) atoms. The Hall–Kier alpha value is -1.02. The van der Waals surface area contributed by atoms with Crippen molar-refractivity contribution < 1.29 is 10.2 Å². The van der Waals surface area contributed by atoms with Gasteiger partial charge in [-0.2, -0.15) is 0 Å². The number of benzene rings is 1. The van der Waals surface area contributed by atoms with E-state index in [0.717, 1.165) is 30.4 Å². The summed E-state index contributed by atoms with van der Waals surface area (Å²) in [6.07, 6.45) is 3.77. The van der Waals surface area contributed by atoms with Crippen molar-refractivity contribution in [1.82, 2.24) is 0 Å². The fourth-order valence-electron chi connectivity index (χ4n) is 2.02. The summed E-state index contributed by atoms with van der Waals surface area (Å²) in [5.41, 5.74) is 3.26. The molecule has 1 aromatic carbocycles. The summed E-state index contributed by atoms with van der Waals surface area (Å²) in [6.45, 7) is 0.104. The minimum Gasteiger partial charge on any atom is -0.507 e. The third kappa shape index (κ3) is 1.42. The monoisotopic (exact) mass is 178 g/mol. The van der Waals surface area contributed by atoms with Gasteiger partial charge >= 0.3 is 0 Å². The molecule has 0 spiro atoms. The van der Waals surface area contributed by atoms with Crippen LogP contribution in [0.25, 0.3) is 0 Å². The molecule has 2 N–H and O–H groups in total. The number of aliphatic hydroxyl groups is 1. The Balaban J connectivity index is 2.40. The largest absolute Gasteiger partial charge is 0.507 e. The Bertz CT molecular complexity index is 318. The lowest BCUT2D eigenvalue weighted by Gasteiger charge is -2.07. The van der Waals surface area contributed by atoms with E-state index in [1.54, 1.807) is 0 Å². The molecular formula is C11H14O2. The van der Waals surface area contributed by atoms with Gasteiger partial charge in [0, 0.05) is 6.61 Å². The topological polar surface area (TPSA) is 40.5 Å². The Morgan fingerprint density at radius 1 is 1.23 bits per heavy atom. The molecule has 2 nitrogen and oxygen atoms in total. The van der Waals surface area contributed by atoms with Crippen LogP contribution in [0, 0.1) is 0 Å². The molecule has 2 rings (SSSR count). The maximum atomic E-state index is 9.83. The van der Waals surface area contributed by atoms with Crippen LogP contribution in [-0.2, 0) is 19.3 Å². The van der Waals surface area contributed by atoms with E-state index in [2.05, 4.69) is 6.07 Å². The summed E-state index contributed by atoms with van der Waals surface area (Å²) < 4.78 is 0. The molecule has 1 aliphatic rings. The van der Waals surface area contributed by atoms with Gasteiger partial charge in [-0.3, -0.25) is 0 Å². The molecule has 0 amide bonds. The minimum absolute atomic E-state index is 0.104. The lowest BCUT2D eigenvalue weighted by molar-refractivity contribution is 0.297. The van der Waals surface area contributed by atoms with Crippen molar-refractivity contribution in [2.24, 2.45) is 0 Å². The number of hydrogen-bond acceptors (Lipinski definition) is 2. The van der Waals surface area contributed by atoms with Crippen molar-refractivity contribution in [2.75, 3.05) is 6.61 Å². The predicted octanol–water partition coefficient (Wildman–Crippen LogP) is 1.42. The van der Waals surface area contributed by atoms with Gasteiger partial charge in [0.05, 0.1) is 0 Å². The smallest absolute Gasteiger partial charge is 0.122 e. The van der Waals surface area contributed by atoms with E-state index < -0.39 is 0 Å². The third-order valence-corrected chi connectivity index (χ3v) is 2.72. The van der Waals surface area contributed by atoms with Crippen LogP contribution in [0.1, 0.15) is 23.1 Å². The van der Waals surface area contributed by atoms with Gasteiger partial charge in [0.25, 0.3) is 0 Å². The molecule has 70 valence electrons. The van der Waals surface area contributed by atoms with Crippen LogP contribution in [-0.4, -0.2) is 16.8 Å². The second-order valence-corrected chi connectivity index (χ2v) is 3.54. The molecule has 0 unspecified atom stereocenters. The van der Waals surface area contributed by atoms with Crippen molar-refractivity contribution in [3.8, 4) is 5.75 Å². The SMILES string of the molecule is OCCc1ccc2c(c1O)CCC2. The zero-order chi connectivity index (χ0) is 9.26. The molecule has 0 fully saturated rings. The first-order chi connectivity index (χ1) is 6.33. The van der Waals surface area contributed by atoms with Gasteiger partial charge in [-0.05, 0) is 42.4 Å². The number of fused-ring (bicyclic) bond motifs is 1. The molecule has 0 atom stereocenters. The second kappa shape index (κ2) is 3.38. The highest BCUT2D eigenvalue weighted by Crippen LogP contribution is 2.32. The molecule has 0 aliphatic heterocycles. The van der Waals surface area contributed by atoms with Gasteiger partial charge in [0.1, 0.15) is 5.75 Å². The highest BCUT2D eigenvalue weighted by Gasteiger charge is 2.16. The molecule has 0 bridgehead atoms. The van der Waals surface area contributed by atoms with Crippen molar-refractivity contribution in [1.29, 1.82) is 0 Å². The number of aromatic hydroxyl groups is 1. The number of phenols is 1. The molecule has 2 heteroatoms. The standard InChI is InChI=1S/C11H14O2/c12-7-6-9-5-4-8-2-1-3-10(8)11(9)13/h4-5,12-13H,1-3,6-7H2. The highest BCUT2D eigenvalue weighted by atomic mass is 16.3. The Morgan fingerprint density at radius 2 is 2.08 bits per heavy atom. The van der Waals surface area contributed by atoms with Crippen molar-refractivity contribution in [3.63, 3.8) is 0 Å². The molecule has 0 aromatic heterocycles. The number of rotatable bonds is 2. The zero-order valence-electron chi connectivity index (χ0n) is 7.58. The first kappa shape index (κ1) is 8.57. The lowest BCUT2D eigenvalue weighted by atomic mass is 10.0. The van der Waals surface area contributed by atoms with Crippen LogP contribution in [0.2, 0.25) is 0 Å². The van der Waals surface area contributed by atoms with Crippen LogP contribution >= 0.6 is 0 Å². The van der Waals surface area contributed by atoms with E-state index in [-0.39, 0.29) is 6.61 Å². The number of aliphatic hydroxyl groups excluding tert-OH is 1. The quantitative estimate of drug-likeness (QED) is 0.719. The average molecular weight is 178 g/mol. The second-order valence-electron chi connectivity index (χ2n) is 3.54. The highest BCUT2D eigenvalue weighted by molar-refractivity contribution is 5.47. The summed E-state index contributed by atoms with van der Waals surface area (Å²) in [6, 6.07) is 4.00. The molecule has 0 radical (unpaired) electrons. The maximum Gasteiger partial charge on any atom is 0.122 e. The minimum atomic E-state index is 0.104. The van der Waals surface area contributed by atoms with E-state index in [0.29, 0.717) is 12.2 Å². The van der Waals surface area contributed by atoms with E-state index in [1.165, 1.54) is 5.56 Å². The van der Waals surface area contributed by atoms with E-state index in [9.17, 15) is 5.11 Å².